The van der Waals surface area contributed by atoms with Crippen LogP contribution in [0.1, 0.15) is 6.42 Å². The van der Waals surface area contributed by atoms with E-state index in [1.54, 1.807) is 12.1 Å². The monoisotopic (exact) mass is 298 g/mol. The number of hydrogen-bond donors (Lipinski definition) is 1. The number of hydrogen-bond acceptors (Lipinski definition) is 3. The van der Waals surface area contributed by atoms with Gasteiger partial charge < -0.3 is 15.0 Å². The number of benzene rings is 2. The number of anilines is 1. The van der Waals surface area contributed by atoms with Gasteiger partial charge in [-0.15, -0.1) is 0 Å². The van der Waals surface area contributed by atoms with Gasteiger partial charge in [-0.3, -0.25) is 0 Å². The van der Waals surface area contributed by atoms with Crippen LogP contribution in [0.15, 0.2) is 42.5 Å². The molecule has 114 valence electrons. The van der Waals surface area contributed by atoms with Crippen LogP contribution in [-0.2, 0) is 0 Å². The first kappa shape index (κ1) is 13.6. The Morgan fingerprint density at radius 3 is 2.95 bits per heavy atom. The maximum absolute atomic E-state index is 13.5. The Bertz CT molecular complexity index is 689. The maximum Gasteiger partial charge on any atom is 0.142 e. The van der Waals surface area contributed by atoms with E-state index in [1.807, 2.05) is 18.2 Å². The van der Waals surface area contributed by atoms with Crippen LogP contribution in [0.5, 0.6) is 5.75 Å². The van der Waals surface area contributed by atoms with E-state index in [0.717, 1.165) is 55.2 Å². The zero-order valence-corrected chi connectivity index (χ0v) is 12.4. The average Bonchev–Trinajstić information content (AvgIpc) is 2.74. The molecule has 3 nitrogen and oxygen atoms in total. The number of halogens is 1. The van der Waals surface area contributed by atoms with E-state index in [0.29, 0.717) is 6.04 Å². The zero-order chi connectivity index (χ0) is 14.9. The number of nitrogens with one attached hydrogen (secondary N) is 1. The van der Waals surface area contributed by atoms with Crippen molar-refractivity contribution in [1.29, 1.82) is 0 Å². The first-order valence-electron chi connectivity index (χ1n) is 7.81. The highest BCUT2D eigenvalue weighted by Gasteiger charge is 2.27. The van der Waals surface area contributed by atoms with Gasteiger partial charge >= 0.3 is 0 Å². The molecule has 4 rings (SSSR count). The van der Waals surface area contributed by atoms with E-state index < -0.39 is 0 Å². The van der Waals surface area contributed by atoms with Crippen molar-refractivity contribution >= 4 is 5.69 Å². The van der Waals surface area contributed by atoms with Crippen LogP contribution in [0, 0.1) is 5.82 Å². The molecule has 2 aliphatic rings. The minimum atomic E-state index is -0.205. The summed E-state index contributed by atoms with van der Waals surface area (Å²) in [6.07, 6.45) is 1.02. The Balaban J connectivity index is 1.77. The standard InChI is InChI=1S/C18H19FN2O/c19-15-3-1-2-13(10-15)14-4-5-18-17(11-14)21-8-7-20-12-16(21)6-9-22-18/h1-5,10-11,16,20H,6-9,12H2. The molecular weight excluding hydrogens is 279 g/mol. The first-order chi connectivity index (χ1) is 10.8. The average molecular weight is 298 g/mol. The summed E-state index contributed by atoms with van der Waals surface area (Å²) < 4.78 is 19.4. The summed E-state index contributed by atoms with van der Waals surface area (Å²) in [4.78, 5) is 2.43. The second-order valence-corrected chi connectivity index (χ2v) is 5.88. The van der Waals surface area contributed by atoms with Crippen LogP contribution in [-0.4, -0.2) is 32.3 Å². The van der Waals surface area contributed by atoms with Crippen molar-refractivity contribution in [3.05, 3.63) is 48.3 Å². The van der Waals surface area contributed by atoms with E-state index in [2.05, 4.69) is 16.3 Å². The summed E-state index contributed by atoms with van der Waals surface area (Å²) in [6, 6.07) is 13.4. The van der Waals surface area contributed by atoms with Crippen LogP contribution in [0.3, 0.4) is 0 Å². The van der Waals surface area contributed by atoms with Crippen LogP contribution in [0.4, 0.5) is 10.1 Å². The van der Waals surface area contributed by atoms with Crippen molar-refractivity contribution in [2.24, 2.45) is 0 Å². The molecule has 0 saturated carbocycles. The third kappa shape index (κ3) is 2.44. The van der Waals surface area contributed by atoms with Crippen molar-refractivity contribution < 1.29 is 9.13 Å². The van der Waals surface area contributed by atoms with Crippen LogP contribution in [0.25, 0.3) is 11.1 Å². The predicted molar refractivity (Wildman–Crippen MR) is 86.0 cm³/mol. The Kier molecular flexibility index (Phi) is 3.47. The fraction of sp³-hybridized carbons (Fsp3) is 0.333. The van der Waals surface area contributed by atoms with Gasteiger partial charge in [0.25, 0.3) is 0 Å². The molecule has 2 heterocycles. The van der Waals surface area contributed by atoms with E-state index >= 15 is 0 Å². The van der Waals surface area contributed by atoms with E-state index in [1.165, 1.54) is 6.07 Å². The lowest BCUT2D eigenvalue weighted by Gasteiger charge is -2.36. The van der Waals surface area contributed by atoms with Crippen LogP contribution < -0.4 is 15.0 Å². The van der Waals surface area contributed by atoms with Gasteiger partial charge in [-0.1, -0.05) is 18.2 Å². The van der Waals surface area contributed by atoms with Crippen molar-refractivity contribution in [3.63, 3.8) is 0 Å². The van der Waals surface area contributed by atoms with E-state index in [-0.39, 0.29) is 5.82 Å². The summed E-state index contributed by atoms with van der Waals surface area (Å²) in [7, 11) is 0. The van der Waals surface area contributed by atoms with Gasteiger partial charge in [0.2, 0.25) is 0 Å². The van der Waals surface area contributed by atoms with Crippen LogP contribution in [0.2, 0.25) is 0 Å². The Morgan fingerprint density at radius 2 is 2.05 bits per heavy atom. The molecule has 1 saturated heterocycles. The Labute approximate surface area is 129 Å². The van der Waals surface area contributed by atoms with Crippen molar-refractivity contribution in [2.45, 2.75) is 12.5 Å². The summed E-state index contributed by atoms with van der Waals surface area (Å²) in [5.74, 6) is 0.730. The Morgan fingerprint density at radius 1 is 1.14 bits per heavy atom. The van der Waals surface area contributed by atoms with Gasteiger partial charge in [-0.25, -0.2) is 4.39 Å². The largest absolute Gasteiger partial charge is 0.491 e. The second kappa shape index (κ2) is 5.61. The number of rotatable bonds is 1. The fourth-order valence-electron chi connectivity index (χ4n) is 3.35. The molecule has 0 radical (unpaired) electrons. The SMILES string of the molecule is Fc1cccc(-c2ccc3c(c2)N2CCNCC2CCO3)c1. The van der Waals surface area contributed by atoms with Gasteiger partial charge in [0.1, 0.15) is 11.6 Å². The quantitative estimate of drug-likeness (QED) is 0.876. The molecule has 1 N–H and O–H groups in total. The van der Waals surface area contributed by atoms with Gasteiger partial charge in [0.15, 0.2) is 0 Å². The molecule has 2 aromatic rings. The summed E-state index contributed by atoms with van der Waals surface area (Å²) in [5, 5.41) is 3.45. The normalized spacial score (nSPS) is 20.6. The molecule has 1 atom stereocenters. The van der Waals surface area contributed by atoms with Gasteiger partial charge in [0, 0.05) is 32.1 Å². The molecule has 22 heavy (non-hydrogen) atoms. The lowest BCUT2D eigenvalue weighted by molar-refractivity contribution is 0.304. The van der Waals surface area contributed by atoms with Crippen LogP contribution >= 0.6 is 0 Å². The molecule has 2 aromatic carbocycles. The lowest BCUT2D eigenvalue weighted by atomic mass is 10.0. The number of fused-ring (bicyclic) bond motifs is 3. The molecule has 1 fully saturated rings. The van der Waals surface area contributed by atoms with Gasteiger partial charge in [-0.2, -0.15) is 0 Å². The minimum absolute atomic E-state index is 0.205. The molecule has 2 aliphatic heterocycles. The topological polar surface area (TPSA) is 24.5 Å². The molecule has 0 spiro atoms. The lowest BCUT2D eigenvalue weighted by Crippen LogP contribution is -2.51. The number of piperazine rings is 1. The minimum Gasteiger partial charge on any atom is -0.491 e. The van der Waals surface area contributed by atoms with E-state index in [9.17, 15) is 4.39 Å². The Hall–Kier alpha value is -2.07. The molecule has 0 amide bonds. The number of nitrogens with zero attached hydrogens (tertiary/aromatic N) is 1. The smallest absolute Gasteiger partial charge is 0.142 e. The summed E-state index contributed by atoms with van der Waals surface area (Å²) in [6.45, 7) is 3.70. The molecule has 4 heteroatoms. The highest BCUT2D eigenvalue weighted by molar-refractivity contribution is 5.73. The fourth-order valence-corrected chi connectivity index (χ4v) is 3.35. The first-order valence-corrected chi connectivity index (χ1v) is 7.81. The highest BCUT2D eigenvalue weighted by atomic mass is 19.1. The van der Waals surface area contributed by atoms with Gasteiger partial charge in [-0.05, 0) is 35.4 Å². The zero-order valence-electron chi connectivity index (χ0n) is 12.4. The van der Waals surface area contributed by atoms with Gasteiger partial charge in [0.05, 0.1) is 12.3 Å². The molecule has 1 unspecified atom stereocenters. The molecule has 0 aliphatic carbocycles. The molecule has 0 aromatic heterocycles. The third-order valence-electron chi connectivity index (χ3n) is 4.49. The van der Waals surface area contributed by atoms with Crippen molar-refractivity contribution in [1.82, 2.24) is 5.32 Å². The molecular formula is C18H19FN2O. The van der Waals surface area contributed by atoms with Crippen molar-refractivity contribution in [3.8, 4) is 16.9 Å². The van der Waals surface area contributed by atoms with Crippen molar-refractivity contribution in [2.75, 3.05) is 31.1 Å². The summed E-state index contributed by atoms with van der Waals surface area (Å²) >= 11 is 0. The maximum atomic E-state index is 13.5. The molecule has 0 bridgehead atoms. The third-order valence-corrected chi connectivity index (χ3v) is 4.49. The number of ether oxygens (including phenoxy) is 1. The highest BCUT2D eigenvalue weighted by Crippen LogP contribution is 2.37. The predicted octanol–water partition coefficient (Wildman–Crippen LogP) is 3.05. The second-order valence-electron chi connectivity index (χ2n) is 5.88. The summed E-state index contributed by atoms with van der Waals surface area (Å²) in [5.41, 5.74) is 3.06. The van der Waals surface area contributed by atoms with E-state index in [4.69, 9.17) is 4.74 Å².